The lowest BCUT2D eigenvalue weighted by atomic mass is 9.84. The molecule has 2 aliphatic rings. The lowest BCUT2D eigenvalue weighted by molar-refractivity contribution is -0.126. The first-order chi connectivity index (χ1) is 6.88. The second kappa shape index (κ2) is 3.58. The fourth-order valence-corrected chi connectivity index (χ4v) is 3.33. The average molecular weight is 209 g/mol. The van der Waals surface area contributed by atoms with Crippen LogP contribution in [0.2, 0.25) is 0 Å². The van der Waals surface area contributed by atoms with Gasteiger partial charge in [0.1, 0.15) is 0 Å². The molecule has 2 bridgehead atoms. The molecule has 3 unspecified atom stereocenters. The Labute approximate surface area is 93.0 Å². The van der Waals surface area contributed by atoms with Gasteiger partial charge in [0.25, 0.3) is 0 Å². The number of fused-ring (bicyclic) bond motifs is 2. The van der Waals surface area contributed by atoms with Crippen LogP contribution in [0, 0.1) is 11.3 Å². The maximum atomic E-state index is 12.2. The zero-order chi connectivity index (χ0) is 11.2. The molecule has 15 heavy (non-hydrogen) atoms. The van der Waals surface area contributed by atoms with Gasteiger partial charge in [0.2, 0.25) is 0 Å². The van der Waals surface area contributed by atoms with E-state index in [2.05, 4.69) is 32.7 Å². The van der Waals surface area contributed by atoms with Crippen molar-refractivity contribution in [2.24, 2.45) is 11.3 Å². The van der Waals surface area contributed by atoms with Gasteiger partial charge in [0.15, 0.2) is 5.78 Å². The van der Waals surface area contributed by atoms with Gasteiger partial charge >= 0.3 is 0 Å². The summed E-state index contributed by atoms with van der Waals surface area (Å²) in [7, 11) is 2.13. The third kappa shape index (κ3) is 2.10. The van der Waals surface area contributed by atoms with E-state index in [1.54, 1.807) is 0 Å². The van der Waals surface area contributed by atoms with Crippen LogP contribution in [0.15, 0.2) is 0 Å². The predicted octanol–water partition coefficient (Wildman–Crippen LogP) is 2.47. The fourth-order valence-electron chi connectivity index (χ4n) is 3.33. The third-order valence-corrected chi connectivity index (χ3v) is 3.94. The van der Waals surface area contributed by atoms with E-state index >= 15 is 0 Å². The largest absolute Gasteiger partial charge is 0.298 e. The number of hydrogen-bond acceptors (Lipinski definition) is 2. The molecule has 1 saturated carbocycles. The number of likely N-dealkylation sites (tertiary alicyclic amines) is 1. The quantitative estimate of drug-likeness (QED) is 0.696. The van der Waals surface area contributed by atoms with E-state index in [1.807, 2.05) is 0 Å². The fraction of sp³-hybridized carbons (Fsp3) is 0.923. The molecule has 0 amide bonds. The van der Waals surface area contributed by atoms with E-state index in [1.165, 1.54) is 19.3 Å². The molecule has 0 aromatic rings. The van der Waals surface area contributed by atoms with Gasteiger partial charge in [0, 0.05) is 12.5 Å². The zero-order valence-electron chi connectivity index (χ0n) is 10.4. The van der Waals surface area contributed by atoms with Gasteiger partial charge in [0.05, 0.1) is 6.04 Å². The Bertz CT molecular complexity index is 264. The summed E-state index contributed by atoms with van der Waals surface area (Å²) in [5.41, 5.74) is 0.139. The van der Waals surface area contributed by atoms with E-state index in [9.17, 15) is 4.79 Å². The van der Waals surface area contributed by atoms with Crippen LogP contribution in [0.3, 0.4) is 0 Å². The van der Waals surface area contributed by atoms with Crippen molar-refractivity contribution in [1.82, 2.24) is 4.90 Å². The number of carbonyl (C=O) groups excluding carboxylic acids is 1. The van der Waals surface area contributed by atoms with Crippen molar-refractivity contribution in [1.29, 1.82) is 0 Å². The summed E-state index contributed by atoms with van der Waals surface area (Å²) in [6.07, 6.45) is 4.57. The van der Waals surface area contributed by atoms with Crippen LogP contribution in [0.25, 0.3) is 0 Å². The normalized spacial score (nSPS) is 36.1. The monoisotopic (exact) mass is 209 g/mol. The molecule has 2 nitrogen and oxygen atoms in total. The molecular formula is C13H23NO. The molecule has 2 heteroatoms. The van der Waals surface area contributed by atoms with Crippen LogP contribution in [0.5, 0.6) is 0 Å². The molecule has 0 aromatic heterocycles. The van der Waals surface area contributed by atoms with Gasteiger partial charge in [-0.1, -0.05) is 20.8 Å². The Morgan fingerprint density at radius 1 is 1.33 bits per heavy atom. The Morgan fingerprint density at radius 3 is 2.47 bits per heavy atom. The number of carbonyl (C=O) groups is 1. The average Bonchev–Trinajstić information content (AvgIpc) is 2.59. The van der Waals surface area contributed by atoms with Crippen molar-refractivity contribution in [3.63, 3.8) is 0 Å². The van der Waals surface area contributed by atoms with Crippen molar-refractivity contribution >= 4 is 5.78 Å². The lowest BCUT2D eigenvalue weighted by Crippen LogP contribution is -2.44. The summed E-state index contributed by atoms with van der Waals surface area (Å²) in [5.74, 6) is 1.13. The number of ketones is 1. The first-order valence-corrected chi connectivity index (χ1v) is 6.13. The number of piperidine rings is 1. The minimum absolute atomic E-state index is 0.139. The van der Waals surface area contributed by atoms with Crippen molar-refractivity contribution in [2.45, 2.75) is 58.5 Å². The number of hydrogen-bond donors (Lipinski definition) is 0. The maximum absolute atomic E-state index is 12.2. The molecule has 2 rings (SSSR count). The van der Waals surface area contributed by atoms with E-state index in [4.69, 9.17) is 0 Å². The minimum atomic E-state index is 0.139. The first-order valence-electron chi connectivity index (χ1n) is 6.13. The van der Waals surface area contributed by atoms with Gasteiger partial charge in [-0.2, -0.15) is 0 Å². The standard InChI is InChI=1S/C13H23NO/c1-13(2,3)8-11(15)12-9-5-6-10(7-9)14(12)4/h9-10,12H,5-8H2,1-4H3. The molecule has 1 saturated heterocycles. The van der Waals surface area contributed by atoms with Crippen LogP contribution in [0.4, 0.5) is 0 Å². The second-order valence-corrected chi connectivity index (χ2v) is 6.54. The summed E-state index contributed by atoms with van der Waals surface area (Å²) in [5, 5.41) is 0. The summed E-state index contributed by atoms with van der Waals surface area (Å²) in [6, 6.07) is 0.937. The SMILES string of the molecule is CN1C2CCC(C2)C1C(=O)CC(C)(C)C. The highest BCUT2D eigenvalue weighted by molar-refractivity contribution is 5.85. The number of nitrogens with zero attached hydrogens (tertiary/aromatic N) is 1. The van der Waals surface area contributed by atoms with Gasteiger partial charge in [-0.05, 0) is 37.6 Å². The molecule has 0 spiro atoms. The maximum Gasteiger partial charge on any atom is 0.150 e. The summed E-state index contributed by atoms with van der Waals surface area (Å²) in [4.78, 5) is 14.6. The minimum Gasteiger partial charge on any atom is -0.298 e. The summed E-state index contributed by atoms with van der Waals surface area (Å²) >= 11 is 0. The third-order valence-electron chi connectivity index (χ3n) is 3.94. The zero-order valence-corrected chi connectivity index (χ0v) is 10.4. The molecule has 0 aromatic carbocycles. The molecule has 1 aliphatic heterocycles. The summed E-state index contributed by atoms with van der Waals surface area (Å²) < 4.78 is 0. The molecule has 2 fully saturated rings. The molecular weight excluding hydrogens is 186 g/mol. The molecule has 1 heterocycles. The van der Waals surface area contributed by atoms with Gasteiger partial charge < -0.3 is 0 Å². The highest BCUT2D eigenvalue weighted by atomic mass is 16.1. The van der Waals surface area contributed by atoms with Crippen molar-refractivity contribution < 1.29 is 4.79 Å². The van der Waals surface area contributed by atoms with E-state index in [0.29, 0.717) is 17.7 Å². The molecule has 0 N–H and O–H groups in total. The molecule has 86 valence electrons. The van der Waals surface area contributed by atoms with Crippen molar-refractivity contribution in [2.75, 3.05) is 7.05 Å². The topological polar surface area (TPSA) is 20.3 Å². The lowest BCUT2D eigenvalue weighted by Gasteiger charge is -2.32. The van der Waals surface area contributed by atoms with E-state index in [-0.39, 0.29) is 11.5 Å². The van der Waals surface area contributed by atoms with Crippen LogP contribution < -0.4 is 0 Å². The van der Waals surface area contributed by atoms with E-state index in [0.717, 1.165) is 6.42 Å². The first kappa shape index (κ1) is 11.1. The number of Topliss-reactive ketones (excluding diaryl/α,β-unsaturated/α-hetero) is 1. The molecule has 0 radical (unpaired) electrons. The Morgan fingerprint density at radius 2 is 2.00 bits per heavy atom. The Kier molecular flexibility index (Phi) is 2.66. The van der Waals surface area contributed by atoms with Crippen molar-refractivity contribution in [3.05, 3.63) is 0 Å². The summed E-state index contributed by atoms with van der Waals surface area (Å²) in [6.45, 7) is 6.45. The van der Waals surface area contributed by atoms with Gasteiger partial charge in [-0.3, -0.25) is 9.69 Å². The van der Waals surface area contributed by atoms with Crippen LogP contribution in [-0.4, -0.2) is 29.8 Å². The highest BCUT2D eigenvalue weighted by Gasteiger charge is 2.47. The van der Waals surface area contributed by atoms with Gasteiger partial charge in [-0.15, -0.1) is 0 Å². The highest BCUT2D eigenvalue weighted by Crippen LogP contribution is 2.42. The van der Waals surface area contributed by atoms with Crippen LogP contribution in [-0.2, 0) is 4.79 Å². The second-order valence-electron chi connectivity index (χ2n) is 6.54. The predicted molar refractivity (Wildman–Crippen MR) is 61.8 cm³/mol. The van der Waals surface area contributed by atoms with Crippen LogP contribution >= 0.6 is 0 Å². The van der Waals surface area contributed by atoms with E-state index < -0.39 is 0 Å². The smallest absolute Gasteiger partial charge is 0.150 e. The number of rotatable bonds is 2. The molecule has 3 atom stereocenters. The van der Waals surface area contributed by atoms with Crippen molar-refractivity contribution in [3.8, 4) is 0 Å². The Hall–Kier alpha value is -0.370. The Balaban J connectivity index is 2.02. The van der Waals surface area contributed by atoms with Gasteiger partial charge in [-0.25, -0.2) is 0 Å². The number of likely N-dealkylation sites (N-methyl/N-ethyl adjacent to an activating group) is 1. The van der Waals surface area contributed by atoms with Crippen LogP contribution in [0.1, 0.15) is 46.5 Å². The molecule has 1 aliphatic carbocycles.